The SMILES string of the molecule is COc1ccc(CN(C(=O)CCCCCCN)C2CC2)cc1.Cl. The molecule has 2 rings (SSSR count). The van der Waals surface area contributed by atoms with Crippen LogP contribution in [0.3, 0.4) is 0 Å². The zero-order valence-corrected chi connectivity index (χ0v) is 14.8. The highest BCUT2D eigenvalue weighted by atomic mass is 35.5. The van der Waals surface area contributed by atoms with E-state index in [1.54, 1.807) is 7.11 Å². The first-order valence-corrected chi connectivity index (χ1v) is 8.37. The van der Waals surface area contributed by atoms with Crippen molar-refractivity contribution in [1.29, 1.82) is 0 Å². The number of nitrogens with two attached hydrogens (primary N) is 1. The van der Waals surface area contributed by atoms with E-state index in [1.807, 2.05) is 24.3 Å². The van der Waals surface area contributed by atoms with Crippen LogP contribution in [-0.2, 0) is 11.3 Å². The van der Waals surface area contributed by atoms with E-state index in [1.165, 1.54) is 5.56 Å². The Bertz CT molecular complexity index is 461. The Kier molecular flexibility index (Phi) is 9.03. The summed E-state index contributed by atoms with van der Waals surface area (Å²) in [5, 5.41) is 0. The predicted octanol–water partition coefficient (Wildman–Crippen LogP) is 3.52. The highest BCUT2D eigenvalue weighted by Crippen LogP contribution is 2.29. The maximum absolute atomic E-state index is 12.5. The summed E-state index contributed by atoms with van der Waals surface area (Å²) in [7, 11) is 1.67. The molecule has 1 aliphatic rings. The molecule has 1 fully saturated rings. The fourth-order valence-electron chi connectivity index (χ4n) is 2.65. The van der Waals surface area contributed by atoms with E-state index in [-0.39, 0.29) is 12.4 Å². The second-order valence-corrected chi connectivity index (χ2v) is 6.05. The van der Waals surface area contributed by atoms with Crippen molar-refractivity contribution < 1.29 is 9.53 Å². The Morgan fingerprint density at radius 3 is 2.39 bits per heavy atom. The quantitative estimate of drug-likeness (QED) is 0.663. The molecule has 0 saturated heterocycles. The van der Waals surface area contributed by atoms with Crippen LogP contribution < -0.4 is 10.5 Å². The summed E-state index contributed by atoms with van der Waals surface area (Å²) in [6.07, 6.45) is 7.23. The summed E-state index contributed by atoms with van der Waals surface area (Å²) < 4.78 is 5.18. The van der Waals surface area contributed by atoms with Crippen molar-refractivity contribution in [2.24, 2.45) is 5.73 Å². The minimum atomic E-state index is 0. The van der Waals surface area contributed by atoms with Crippen LogP contribution in [0.15, 0.2) is 24.3 Å². The molecule has 0 bridgehead atoms. The molecule has 0 atom stereocenters. The molecule has 0 spiro atoms. The van der Waals surface area contributed by atoms with Crippen LogP contribution in [-0.4, -0.2) is 30.5 Å². The molecule has 2 N–H and O–H groups in total. The molecular formula is C18H29ClN2O2. The van der Waals surface area contributed by atoms with Crippen molar-refractivity contribution >= 4 is 18.3 Å². The zero-order valence-electron chi connectivity index (χ0n) is 14.0. The number of hydrogen-bond donors (Lipinski definition) is 1. The van der Waals surface area contributed by atoms with Gasteiger partial charge in [-0.1, -0.05) is 25.0 Å². The van der Waals surface area contributed by atoms with Crippen LogP contribution in [0.2, 0.25) is 0 Å². The number of amides is 1. The number of hydrogen-bond acceptors (Lipinski definition) is 3. The van der Waals surface area contributed by atoms with E-state index < -0.39 is 0 Å². The summed E-state index contributed by atoms with van der Waals surface area (Å²) >= 11 is 0. The fourth-order valence-corrected chi connectivity index (χ4v) is 2.65. The first kappa shape index (κ1) is 19.8. The standard InChI is InChI=1S/C18H28N2O2.ClH/c1-22-17-11-7-15(8-12-17)14-20(16-9-10-16)18(21)6-4-2-3-5-13-19;/h7-8,11-12,16H,2-6,9-10,13-14,19H2,1H3;1H. The van der Waals surface area contributed by atoms with Gasteiger partial charge in [-0.15, -0.1) is 12.4 Å². The number of halogens is 1. The van der Waals surface area contributed by atoms with Gasteiger partial charge in [-0.05, 0) is 49.9 Å². The van der Waals surface area contributed by atoms with Gasteiger partial charge >= 0.3 is 0 Å². The van der Waals surface area contributed by atoms with Gasteiger partial charge in [0.25, 0.3) is 0 Å². The molecular weight excluding hydrogens is 312 g/mol. The molecule has 1 aliphatic carbocycles. The molecule has 130 valence electrons. The molecule has 0 unspecified atom stereocenters. The lowest BCUT2D eigenvalue weighted by atomic mass is 10.1. The molecule has 1 aromatic rings. The average molecular weight is 341 g/mol. The van der Waals surface area contributed by atoms with Crippen molar-refractivity contribution in [3.63, 3.8) is 0 Å². The number of benzene rings is 1. The normalized spacial score (nSPS) is 13.3. The van der Waals surface area contributed by atoms with Crippen LogP contribution in [0.25, 0.3) is 0 Å². The van der Waals surface area contributed by atoms with Crippen molar-refractivity contribution in [2.45, 2.75) is 57.5 Å². The second kappa shape index (κ2) is 10.5. The van der Waals surface area contributed by atoms with Crippen molar-refractivity contribution in [3.8, 4) is 5.75 Å². The van der Waals surface area contributed by atoms with Crippen LogP contribution in [0.4, 0.5) is 0 Å². The lowest BCUT2D eigenvalue weighted by molar-refractivity contribution is -0.132. The van der Waals surface area contributed by atoms with Crippen LogP contribution >= 0.6 is 12.4 Å². The van der Waals surface area contributed by atoms with E-state index in [4.69, 9.17) is 10.5 Å². The molecule has 0 radical (unpaired) electrons. The van der Waals surface area contributed by atoms with Crippen molar-refractivity contribution in [2.75, 3.05) is 13.7 Å². The first-order valence-electron chi connectivity index (χ1n) is 8.37. The van der Waals surface area contributed by atoms with Gasteiger partial charge in [0.05, 0.1) is 7.11 Å². The number of carbonyl (C=O) groups is 1. The molecule has 4 nitrogen and oxygen atoms in total. The summed E-state index contributed by atoms with van der Waals surface area (Å²) in [4.78, 5) is 14.5. The minimum Gasteiger partial charge on any atom is -0.497 e. The third kappa shape index (κ3) is 6.80. The molecule has 0 aromatic heterocycles. The van der Waals surface area contributed by atoms with Gasteiger partial charge in [-0.2, -0.15) is 0 Å². The van der Waals surface area contributed by atoms with Gasteiger partial charge in [-0.25, -0.2) is 0 Å². The topological polar surface area (TPSA) is 55.6 Å². The summed E-state index contributed by atoms with van der Waals surface area (Å²) in [6, 6.07) is 8.46. The predicted molar refractivity (Wildman–Crippen MR) is 96.0 cm³/mol. The van der Waals surface area contributed by atoms with Crippen LogP contribution in [0.5, 0.6) is 5.75 Å². The summed E-state index contributed by atoms with van der Waals surface area (Å²) in [5.74, 6) is 1.15. The molecule has 1 amide bonds. The maximum atomic E-state index is 12.5. The van der Waals surface area contributed by atoms with E-state index >= 15 is 0 Å². The third-order valence-electron chi connectivity index (χ3n) is 4.16. The lowest BCUT2D eigenvalue weighted by Crippen LogP contribution is -2.32. The molecule has 0 heterocycles. The van der Waals surface area contributed by atoms with Crippen LogP contribution in [0, 0.1) is 0 Å². The Morgan fingerprint density at radius 2 is 1.83 bits per heavy atom. The molecule has 23 heavy (non-hydrogen) atoms. The van der Waals surface area contributed by atoms with Gasteiger partial charge in [0.1, 0.15) is 5.75 Å². The average Bonchev–Trinajstić information content (AvgIpc) is 3.37. The molecule has 5 heteroatoms. The monoisotopic (exact) mass is 340 g/mol. The van der Waals surface area contributed by atoms with E-state index in [0.29, 0.717) is 18.4 Å². The Labute approximate surface area is 145 Å². The number of carbonyl (C=O) groups excluding carboxylic acids is 1. The summed E-state index contributed by atoms with van der Waals surface area (Å²) in [5.41, 5.74) is 6.66. The number of methoxy groups -OCH3 is 1. The third-order valence-corrected chi connectivity index (χ3v) is 4.16. The van der Waals surface area contributed by atoms with E-state index in [0.717, 1.165) is 57.4 Å². The van der Waals surface area contributed by atoms with Crippen LogP contribution in [0.1, 0.15) is 50.5 Å². The van der Waals surface area contributed by atoms with Gasteiger partial charge in [0.15, 0.2) is 0 Å². The van der Waals surface area contributed by atoms with Gasteiger partial charge < -0.3 is 15.4 Å². The fraction of sp³-hybridized carbons (Fsp3) is 0.611. The largest absolute Gasteiger partial charge is 0.497 e. The highest BCUT2D eigenvalue weighted by molar-refractivity contribution is 5.85. The highest BCUT2D eigenvalue weighted by Gasteiger charge is 2.32. The van der Waals surface area contributed by atoms with Gasteiger partial charge in [-0.3, -0.25) is 4.79 Å². The second-order valence-electron chi connectivity index (χ2n) is 6.05. The number of ether oxygens (including phenoxy) is 1. The minimum absolute atomic E-state index is 0. The molecule has 1 aromatic carbocycles. The Morgan fingerprint density at radius 1 is 1.17 bits per heavy atom. The van der Waals surface area contributed by atoms with Crippen molar-refractivity contribution in [3.05, 3.63) is 29.8 Å². The number of unbranched alkanes of at least 4 members (excludes halogenated alkanes) is 3. The number of nitrogens with zero attached hydrogens (tertiary/aromatic N) is 1. The first-order chi connectivity index (χ1) is 10.7. The smallest absolute Gasteiger partial charge is 0.223 e. The molecule has 1 saturated carbocycles. The lowest BCUT2D eigenvalue weighted by Gasteiger charge is -2.23. The number of rotatable bonds is 10. The van der Waals surface area contributed by atoms with E-state index in [9.17, 15) is 4.79 Å². The Balaban J connectivity index is 0.00000264. The Hall–Kier alpha value is -1.26. The summed E-state index contributed by atoms with van der Waals surface area (Å²) in [6.45, 7) is 1.47. The van der Waals surface area contributed by atoms with E-state index in [2.05, 4.69) is 4.90 Å². The van der Waals surface area contributed by atoms with Gasteiger partial charge in [0.2, 0.25) is 5.91 Å². The van der Waals surface area contributed by atoms with Gasteiger partial charge in [0, 0.05) is 19.0 Å². The zero-order chi connectivity index (χ0) is 15.8. The molecule has 0 aliphatic heterocycles. The maximum Gasteiger partial charge on any atom is 0.223 e. The van der Waals surface area contributed by atoms with Crippen molar-refractivity contribution in [1.82, 2.24) is 4.90 Å².